The zero-order valence-corrected chi connectivity index (χ0v) is 9.72. The molecule has 2 heterocycles. The topological polar surface area (TPSA) is 47.7 Å². The molecule has 0 bridgehead atoms. The first-order valence-corrected chi connectivity index (χ1v) is 5.90. The monoisotopic (exact) mass is 230 g/mol. The van der Waals surface area contributed by atoms with Gasteiger partial charge in [-0.15, -0.1) is 0 Å². The van der Waals surface area contributed by atoms with Gasteiger partial charge in [-0.05, 0) is 0 Å². The van der Waals surface area contributed by atoms with Crippen LogP contribution in [0, 0.1) is 0 Å². The van der Waals surface area contributed by atoms with Crippen molar-refractivity contribution in [3.05, 3.63) is 0 Å². The molecule has 2 rings (SSSR count). The summed E-state index contributed by atoms with van der Waals surface area (Å²) in [6, 6.07) is 0. The molecule has 86 valence electrons. The predicted octanol–water partition coefficient (Wildman–Crippen LogP) is 0.502. The van der Waals surface area contributed by atoms with Gasteiger partial charge in [0.25, 0.3) is 0 Å². The average Bonchev–Trinajstić information content (AvgIpc) is 2.66. The van der Waals surface area contributed by atoms with E-state index in [1.807, 2.05) is 0 Å². The molecule has 2 saturated heterocycles. The minimum absolute atomic E-state index is 0.264. The number of thiocarbonyl (C=S) groups is 1. The molecular formula is C10H18N2O2S. The number of rotatable bonds is 3. The van der Waals surface area contributed by atoms with Gasteiger partial charge in [-0.1, -0.05) is 12.2 Å². The third-order valence-corrected chi connectivity index (χ3v) is 3.31. The summed E-state index contributed by atoms with van der Waals surface area (Å²) in [6.45, 7) is 4.48. The van der Waals surface area contributed by atoms with Gasteiger partial charge in [0.2, 0.25) is 0 Å². The maximum Gasteiger partial charge on any atom is 0.170 e. The molecule has 0 aromatic carbocycles. The van der Waals surface area contributed by atoms with E-state index in [1.54, 1.807) is 0 Å². The second-order valence-corrected chi connectivity index (χ2v) is 4.69. The molecule has 0 amide bonds. The standard InChI is InChI=1S/C10H18N2O2S/c11-9(15)1-4-12-5-2-10(3-6-12)13-7-8-14-10/h1-8H2,(H2,11,15). The van der Waals surface area contributed by atoms with E-state index < -0.39 is 0 Å². The Labute approximate surface area is 95.7 Å². The quantitative estimate of drug-likeness (QED) is 0.716. The van der Waals surface area contributed by atoms with Crippen molar-refractivity contribution in [1.29, 1.82) is 0 Å². The van der Waals surface area contributed by atoms with Crippen LogP contribution in [0.1, 0.15) is 19.3 Å². The lowest BCUT2D eigenvalue weighted by molar-refractivity contribution is -0.184. The van der Waals surface area contributed by atoms with Gasteiger partial charge in [0, 0.05) is 38.9 Å². The molecule has 15 heavy (non-hydrogen) atoms. The largest absolute Gasteiger partial charge is 0.393 e. The molecule has 5 heteroatoms. The minimum Gasteiger partial charge on any atom is -0.393 e. The molecule has 0 atom stereocenters. The number of nitrogens with two attached hydrogens (primary N) is 1. The van der Waals surface area contributed by atoms with Crippen LogP contribution in [0.2, 0.25) is 0 Å². The second kappa shape index (κ2) is 4.74. The average molecular weight is 230 g/mol. The van der Waals surface area contributed by atoms with Crippen LogP contribution in [-0.2, 0) is 9.47 Å². The van der Waals surface area contributed by atoms with Crippen molar-refractivity contribution in [3.8, 4) is 0 Å². The molecule has 2 fully saturated rings. The number of likely N-dealkylation sites (tertiary alicyclic amines) is 1. The van der Waals surface area contributed by atoms with Crippen LogP contribution in [0.3, 0.4) is 0 Å². The van der Waals surface area contributed by atoms with Crippen LogP contribution >= 0.6 is 12.2 Å². The fourth-order valence-electron chi connectivity index (χ4n) is 2.17. The summed E-state index contributed by atoms with van der Waals surface area (Å²) in [5.74, 6) is -0.264. The molecule has 0 saturated carbocycles. The smallest absolute Gasteiger partial charge is 0.170 e. The Hall–Kier alpha value is -0.230. The summed E-state index contributed by atoms with van der Waals surface area (Å²) in [5, 5.41) is 0. The first-order chi connectivity index (χ1) is 7.20. The summed E-state index contributed by atoms with van der Waals surface area (Å²) in [4.78, 5) is 2.97. The molecule has 4 nitrogen and oxygen atoms in total. The fourth-order valence-corrected chi connectivity index (χ4v) is 2.26. The highest BCUT2D eigenvalue weighted by Crippen LogP contribution is 2.31. The third-order valence-electron chi connectivity index (χ3n) is 3.11. The van der Waals surface area contributed by atoms with Gasteiger partial charge in [0.15, 0.2) is 5.79 Å². The zero-order chi connectivity index (χ0) is 10.7. The third kappa shape index (κ3) is 2.87. The molecule has 2 aliphatic heterocycles. The summed E-state index contributed by atoms with van der Waals surface area (Å²) in [5.41, 5.74) is 5.48. The van der Waals surface area contributed by atoms with Crippen molar-refractivity contribution < 1.29 is 9.47 Å². The molecule has 0 radical (unpaired) electrons. The molecule has 0 aromatic rings. The van der Waals surface area contributed by atoms with E-state index in [9.17, 15) is 0 Å². The Balaban J connectivity index is 1.74. The van der Waals surface area contributed by atoms with E-state index >= 15 is 0 Å². The van der Waals surface area contributed by atoms with E-state index in [4.69, 9.17) is 27.4 Å². The molecule has 2 aliphatic rings. The van der Waals surface area contributed by atoms with Gasteiger partial charge in [0.1, 0.15) is 0 Å². The normalized spacial score (nSPS) is 25.9. The molecule has 2 N–H and O–H groups in total. The highest BCUT2D eigenvalue weighted by Gasteiger charge is 2.39. The summed E-state index contributed by atoms with van der Waals surface area (Å²) < 4.78 is 11.3. The van der Waals surface area contributed by atoms with E-state index in [0.29, 0.717) is 4.99 Å². The lowest BCUT2D eigenvalue weighted by atomic mass is 10.0. The Bertz CT molecular complexity index is 232. The van der Waals surface area contributed by atoms with Gasteiger partial charge >= 0.3 is 0 Å². The molecule has 1 spiro atoms. The SMILES string of the molecule is NC(=S)CCN1CCC2(CC1)OCCO2. The Morgan fingerprint density at radius 3 is 2.40 bits per heavy atom. The first-order valence-electron chi connectivity index (χ1n) is 5.49. The van der Waals surface area contributed by atoms with Crippen LogP contribution in [-0.4, -0.2) is 48.5 Å². The van der Waals surface area contributed by atoms with Gasteiger partial charge < -0.3 is 20.1 Å². The number of hydrogen-bond acceptors (Lipinski definition) is 4. The van der Waals surface area contributed by atoms with Gasteiger partial charge in [-0.2, -0.15) is 0 Å². The van der Waals surface area contributed by atoms with Crippen LogP contribution < -0.4 is 5.73 Å². The van der Waals surface area contributed by atoms with Crippen molar-refractivity contribution >= 4 is 17.2 Å². The first kappa shape index (κ1) is 11.3. The Morgan fingerprint density at radius 1 is 1.27 bits per heavy atom. The lowest BCUT2D eigenvalue weighted by Crippen LogP contribution is -2.45. The van der Waals surface area contributed by atoms with Crippen LogP contribution in [0.25, 0.3) is 0 Å². The predicted molar refractivity (Wildman–Crippen MR) is 61.7 cm³/mol. The maximum absolute atomic E-state index is 5.66. The Morgan fingerprint density at radius 2 is 1.87 bits per heavy atom. The second-order valence-electron chi connectivity index (χ2n) is 4.17. The molecule has 0 unspecified atom stereocenters. The number of hydrogen-bond donors (Lipinski definition) is 1. The number of ether oxygens (including phenoxy) is 2. The number of nitrogens with zero attached hydrogens (tertiary/aromatic N) is 1. The minimum atomic E-state index is -0.264. The molecular weight excluding hydrogens is 212 g/mol. The van der Waals surface area contributed by atoms with Gasteiger partial charge in [-0.3, -0.25) is 0 Å². The Kier molecular flexibility index (Phi) is 3.56. The highest BCUT2D eigenvalue weighted by molar-refractivity contribution is 7.80. The van der Waals surface area contributed by atoms with Crippen molar-refractivity contribution in [2.45, 2.75) is 25.0 Å². The van der Waals surface area contributed by atoms with E-state index in [2.05, 4.69) is 4.90 Å². The van der Waals surface area contributed by atoms with Crippen molar-refractivity contribution in [2.75, 3.05) is 32.8 Å². The molecule has 0 aromatic heterocycles. The zero-order valence-electron chi connectivity index (χ0n) is 8.91. The number of piperidine rings is 1. The summed E-state index contributed by atoms with van der Waals surface area (Å²) in [7, 11) is 0. The van der Waals surface area contributed by atoms with Gasteiger partial charge in [0.05, 0.1) is 18.2 Å². The van der Waals surface area contributed by atoms with E-state index in [-0.39, 0.29) is 5.79 Å². The summed E-state index contributed by atoms with van der Waals surface area (Å²) in [6.07, 6.45) is 2.73. The van der Waals surface area contributed by atoms with Crippen LogP contribution in [0.5, 0.6) is 0 Å². The van der Waals surface area contributed by atoms with Crippen molar-refractivity contribution in [1.82, 2.24) is 4.90 Å². The fraction of sp³-hybridized carbons (Fsp3) is 0.900. The highest BCUT2D eigenvalue weighted by atomic mass is 32.1. The van der Waals surface area contributed by atoms with Crippen LogP contribution in [0.4, 0.5) is 0 Å². The van der Waals surface area contributed by atoms with Crippen LogP contribution in [0.15, 0.2) is 0 Å². The van der Waals surface area contributed by atoms with Gasteiger partial charge in [-0.25, -0.2) is 0 Å². The molecule has 0 aliphatic carbocycles. The lowest BCUT2D eigenvalue weighted by Gasteiger charge is -2.37. The maximum atomic E-state index is 5.66. The van der Waals surface area contributed by atoms with Crippen molar-refractivity contribution in [2.24, 2.45) is 5.73 Å². The van der Waals surface area contributed by atoms with E-state index in [0.717, 1.165) is 52.1 Å². The summed E-state index contributed by atoms with van der Waals surface area (Å²) >= 11 is 4.87. The van der Waals surface area contributed by atoms with Crippen molar-refractivity contribution in [3.63, 3.8) is 0 Å². The van der Waals surface area contributed by atoms with E-state index in [1.165, 1.54) is 0 Å².